The fourth-order valence-electron chi connectivity index (χ4n) is 3.03. The number of rotatable bonds is 4. The first-order valence-electron chi connectivity index (χ1n) is 8.44. The van der Waals surface area contributed by atoms with E-state index in [2.05, 4.69) is 18.3 Å². The van der Waals surface area contributed by atoms with Gasteiger partial charge in [0.15, 0.2) is 0 Å². The summed E-state index contributed by atoms with van der Waals surface area (Å²) in [6.45, 7) is 14.3. The van der Waals surface area contributed by atoms with Crippen molar-refractivity contribution in [2.24, 2.45) is 5.92 Å². The summed E-state index contributed by atoms with van der Waals surface area (Å²) in [5, 5.41) is 3.56. The third-order valence-corrected chi connectivity index (χ3v) is 4.20. The smallest absolute Gasteiger partial charge is 0.410 e. The standard InChI is InChI=1S/C18H30N2O3/c1-12-9-16(14(3)22-12)13(2)19-10-15-7-8-20(11-15)17(21)23-18(4,5)6/h9,13,15,19H,7-8,10-11H2,1-6H3. The molecule has 1 aliphatic heterocycles. The molecule has 0 bridgehead atoms. The van der Waals surface area contributed by atoms with Gasteiger partial charge < -0.3 is 19.4 Å². The Labute approximate surface area is 139 Å². The number of nitrogens with zero attached hydrogens (tertiary/aromatic N) is 1. The van der Waals surface area contributed by atoms with Crippen LogP contribution >= 0.6 is 0 Å². The normalized spacial score (nSPS) is 19.9. The molecule has 2 atom stereocenters. The number of carbonyl (C=O) groups excluding carboxylic acids is 1. The molecule has 0 aromatic carbocycles. The second-order valence-corrected chi connectivity index (χ2v) is 7.58. The largest absolute Gasteiger partial charge is 0.466 e. The van der Waals surface area contributed by atoms with Crippen molar-refractivity contribution < 1.29 is 13.9 Å². The monoisotopic (exact) mass is 322 g/mol. The van der Waals surface area contributed by atoms with E-state index < -0.39 is 5.60 Å². The number of furan rings is 1. The van der Waals surface area contributed by atoms with Crippen LogP contribution in [-0.4, -0.2) is 36.2 Å². The van der Waals surface area contributed by atoms with Crippen LogP contribution in [0, 0.1) is 19.8 Å². The van der Waals surface area contributed by atoms with Gasteiger partial charge in [-0.05, 0) is 59.9 Å². The Morgan fingerprint density at radius 3 is 2.74 bits per heavy atom. The first kappa shape index (κ1) is 17.9. The van der Waals surface area contributed by atoms with Gasteiger partial charge >= 0.3 is 6.09 Å². The van der Waals surface area contributed by atoms with E-state index in [1.807, 2.05) is 39.5 Å². The van der Waals surface area contributed by atoms with Crippen molar-refractivity contribution in [3.63, 3.8) is 0 Å². The lowest BCUT2D eigenvalue weighted by molar-refractivity contribution is 0.0288. The van der Waals surface area contributed by atoms with Crippen LogP contribution in [0.1, 0.15) is 57.2 Å². The third-order valence-electron chi connectivity index (χ3n) is 4.20. The molecular formula is C18H30N2O3. The third kappa shape index (κ3) is 4.99. The topological polar surface area (TPSA) is 54.7 Å². The molecule has 0 spiro atoms. The maximum absolute atomic E-state index is 12.1. The number of hydrogen-bond donors (Lipinski definition) is 1. The number of aryl methyl sites for hydroxylation is 2. The second kappa shape index (κ2) is 6.95. The number of nitrogens with one attached hydrogen (secondary N) is 1. The Hall–Kier alpha value is -1.49. The molecule has 0 radical (unpaired) electrons. The lowest BCUT2D eigenvalue weighted by atomic mass is 10.1. The van der Waals surface area contributed by atoms with Gasteiger partial charge in [-0.1, -0.05) is 0 Å². The second-order valence-electron chi connectivity index (χ2n) is 7.58. The fourth-order valence-corrected chi connectivity index (χ4v) is 3.03. The van der Waals surface area contributed by atoms with Crippen LogP contribution in [0.25, 0.3) is 0 Å². The molecule has 1 aromatic heterocycles. The average Bonchev–Trinajstić information content (AvgIpc) is 3.00. The van der Waals surface area contributed by atoms with Crippen LogP contribution < -0.4 is 5.32 Å². The van der Waals surface area contributed by atoms with E-state index >= 15 is 0 Å². The molecule has 1 aromatic rings. The van der Waals surface area contributed by atoms with Crippen LogP contribution in [0.3, 0.4) is 0 Å². The predicted molar refractivity (Wildman–Crippen MR) is 90.5 cm³/mol. The quantitative estimate of drug-likeness (QED) is 0.916. The Morgan fingerprint density at radius 1 is 1.48 bits per heavy atom. The van der Waals surface area contributed by atoms with E-state index in [9.17, 15) is 4.79 Å². The van der Waals surface area contributed by atoms with Crippen molar-refractivity contribution in [1.82, 2.24) is 10.2 Å². The highest BCUT2D eigenvalue weighted by atomic mass is 16.6. The lowest BCUT2D eigenvalue weighted by Gasteiger charge is -2.24. The molecule has 5 nitrogen and oxygen atoms in total. The summed E-state index contributed by atoms with van der Waals surface area (Å²) < 4.78 is 11.0. The maximum atomic E-state index is 12.1. The van der Waals surface area contributed by atoms with Crippen molar-refractivity contribution in [3.05, 3.63) is 23.2 Å². The molecule has 0 aliphatic carbocycles. The van der Waals surface area contributed by atoms with Crippen LogP contribution in [-0.2, 0) is 4.74 Å². The molecule has 1 fully saturated rings. The number of carbonyl (C=O) groups is 1. The van der Waals surface area contributed by atoms with E-state index in [4.69, 9.17) is 9.15 Å². The lowest BCUT2D eigenvalue weighted by Crippen LogP contribution is -2.36. The molecule has 23 heavy (non-hydrogen) atoms. The number of amides is 1. The van der Waals surface area contributed by atoms with Crippen molar-refractivity contribution in [2.45, 2.75) is 59.6 Å². The average molecular weight is 322 g/mol. The fraction of sp³-hybridized carbons (Fsp3) is 0.722. The molecular weight excluding hydrogens is 292 g/mol. The molecule has 1 aliphatic rings. The van der Waals surface area contributed by atoms with Crippen molar-refractivity contribution in [1.29, 1.82) is 0 Å². The minimum Gasteiger partial charge on any atom is -0.466 e. The molecule has 1 saturated heterocycles. The highest BCUT2D eigenvalue weighted by Gasteiger charge is 2.29. The molecule has 1 N–H and O–H groups in total. The van der Waals surface area contributed by atoms with Crippen molar-refractivity contribution in [3.8, 4) is 0 Å². The van der Waals surface area contributed by atoms with E-state index in [1.165, 1.54) is 5.56 Å². The van der Waals surface area contributed by atoms with Gasteiger partial charge in [0.1, 0.15) is 17.1 Å². The van der Waals surface area contributed by atoms with Crippen molar-refractivity contribution in [2.75, 3.05) is 19.6 Å². The van der Waals surface area contributed by atoms with E-state index in [0.717, 1.165) is 37.6 Å². The highest BCUT2D eigenvalue weighted by molar-refractivity contribution is 5.68. The Morgan fingerprint density at radius 2 is 2.17 bits per heavy atom. The first-order valence-corrected chi connectivity index (χ1v) is 8.44. The maximum Gasteiger partial charge on any atom is 0.410 e. The van der Waals surface area contributed by atoms with E-state index in [0.29, 0.717) is 5.92 Å². The van der Waals surface area contributed by atoms with Gasteiger partial charge in [-0.3, -0.25) is 0 Å². The Bertz CT molecular complexity index is 545. The van der Waals surface area contributed by atoms with Gasteiger partial charge in [0.2, 0.25) is 0 Å². The van der Waals surface area contributed by atoms with Crippen LogP contribution in [0.5, 0.6) is 0 Å². The van der Waals surface area contributed by atoms with Gasteiger partial charge in [0.25, 0.3) is 0 Å². The summed E-state index contributed by atoms with van der Waals surface area (Å²) in [5.74, 6) is 2.39. The number of hydrogen-bond acceptors (Lipinski definition) is 4. The highest BCUT2D eigenvalue weighted by Crippen LogP contribution is 2.23. The van der Waals surface area contributed by atoms with E-state index in [1.54, 1.807) is 0 Å². The summed E-state index contributed by atoms with van der Waals surface area (Å²) in [4.78, 5) is 13.9. The molecule has 0 saturated carbocycles. The first-order chi connectivity index (χ1) is 10.7. The zero-order valence-electron chi connectivity index (χ0n) is 15.2. The number of likely N-dealkylation sites (tertiary alicyclic amines) is 1. The van der Waals surface area contributed by atoms with Crippen LogP contribution in [0.2, 0.25) is 0 Å². The van der Waals surface area contributed by atoms with E-state index in [-0.39, 0.29) is 12.1 Å². The van der Waals surface area contributed by atoms with Gasteiger partial charge in [-0.25, -0.2) is 4.79 Å². The SMILES string of the molecule is Cc1cc(C(C)NCC2CCN(C(=O)OC(C)(C)C)C2)c(C)o1. The van der Waals surface area contributed by atoms with Gasteiger partial charge in [-0.15, -0.1) is 0 Å². The minimum atomic E-state index is -0.432. The molecule has 130 valence electrons. The summed E-state index contributed by atoms with van der Waals surface area (Å²) in [7, 11) is 0. The summed E-state index contributed by atoms with van der Waals surface area (Å²) >= 11 is 0. The minimum absolute atomic E-state index is 0.200. The summed E-state index contributed by atoms with van der Waals surface area (Å²) in [6.07, 6.45) is 0.817. The Balaban J connectivity index is 1.80. The molecule has 5 heteroatoms. The zero-order chi connectivity index (χ0) is 17.2. The van der Waals surface area contributed by atoms with Crippen LogP contribution in [0.15, 0.2) is 10.5 Å². The molecule has 1 amide bonds. The van der Waals surface area contributed by atoms with Crippen molar-refractivity contribution >= 4 is 6.09 Å². The van der Waals surface area contributed by atoms with Crippen LogP contribution in [0.4, 0.5) is 4.79 Å². The summed E-state index contributed by atoms with van der Waals surface area (Å²) in [6, 6.07) is 2.34. The number of ether oxygens (including phenoxy) is 1. The van der Waals surface area contributed by atoms with Gasteiger partial charge in [0.05, 0.1) is 0 Å². The molecule has 2 heterocycles. The van der Waals surface area contributed by atoms with Gasteiger partial charge in [0, 0.05) is 31.2 Å². The van der Waals surface area contributed by atoms with Gasteiger partial charge in [-0.2, -0.15) is 0 Å². The Kier molecular flexibility index (Phi) is 5.40. The zero-order valence-corrected chi connectivity index (χ0v) is 15.2. The predicted octanol–water partition coefficient (Wildman–Crippen LogP) is 3.80. The molecule has 2 rings (SSSR count). The summed E-state index contributed by atoms with van der Waals surface area (Å²) in [5.41, 5.74) is 0.781. The molecule has 2 unspecified atom stereocenters.